The average molecular weight is 277 g/mol. The van der Waals surface area contributed by atoms with Crippen LogP contribution in [0.3, 0.4) is 0 Å². The predicted octanol–water partition coefficient (Wildman–Crippen LogP) is 0.388. The summed E-state index contributed by atoms with van der Waals surface area (Å²) < 4.78 is 13.1. The molecule has 0 amide bonds. The zero-order valence-electron chi connectivity index (χ0n) is 11.7. The number of H-pyrrole nitrogens is 1. The Hall–Kier alpha value is -1.86. The van der Waals surface area contributed by atoms with E-state index in [1.165, 1.54) is 0 Å². The van der Waals surface area contributed by atoms with Crippen LogP contribution >= 0.6 is 0 Å². The van der Waals surface area contributed by atoms with Crippen molar-refractivity contribution in [2.45, 2.75) is 25.6 Å². The molecule has 0 unspecified atom stereocenters. The lowest BCUT2D eigenvalue weighted by molar-refractivity contribution is 0.139. The number of aryl methyl sites for hydroxylation is 2. The molecule has 1 saturated heterocycles. The molecule has 2 aromatic rings. The third kappa shape index (κ3) is 2.83. The van der Waals surface area contributed by atoms with Gasteiger partial charge in [0.15, 0.2) is 5.75 Å². The fourth-order valence-corrected chi connectivity index (χ4v) is 2.27. The van der Waals surface area contributed by atoms with Crippen molar-refractivity contribution in [3.63, 3.8) is 0 Å². The standard InChI is InChI=1S/C13H19N5O2/c1-9-10(4-15-17-9)3-14-12-7-19-8-13(12)20-11-5-16-18(2)6-11/h4-6,12-14H,3,7-8H2,1-2H3,(H,15,17)/t12-,13+/m0/s1. The fraction of sp³-hybridized carbons (Fsp3) is 0.538. The molecule has 3 rings (SSSR count). The normalized spacial score (nSPS) is 22.3. The Morgan fingerprint density at radius 1 is 1.50 bits per heavy atom. The highest BCUT2D eigenvalue weighted by Crippen LogP contribution is 2.16. The van der Waals surface area contributed by atoms with E-state index in [-0.39, 0.29) is 12.1 Å². The first-order valence-corrected chi connectivity index (χ1v) is 6.67. The van der Waals surface area contributed by atoms with Gasteiger partial charge in [-0.15, -0.1) is 0 Å². The highest BCUT2D eigenvalue weighted by Gasteiger charge is 2.30. The highest BCUT2D eigenvalue weighted by atomic mass is 16.5. The van der Waals surface area contributed by atoms with Gasteiger partial charge in [0.25, 0.3) is 0 Å². The Balaban J connectivity index is 1.57. The lowest BCUT2D eigenvalue weighted by Gasteiger charge is -2.19. The summed E-state index contributed by atoms with van der Waals surface area (Å²) in [5.74, 6) is 0.772. The van der Waals surface area contributed by atoms with Crippen LogP contribution in [0.25, 0.3) is 0 Å². The van der Waals surface area contributed by atoms with Crippen molar-refractivity contribution in [1.82, 2.24) is 25.3 Å². The monoisotopic (exact) mass is 277 g/mol. The van der Waals surface area contributed by atoms with Gasteiger partial charge in [0.05, 0.1) is 37.8 Å². The summed E-state index contributed by atoms with van der Waals surface area (Å²) in [5.41, 5.74) is 2.25. The molecular weight excluding hydrogens is 258 g/mol. The van der Waals surface area contributed by atoms with Gasteiger partial charge >= 0.3 is 0 Å². The van der Waals surface area contributed by atoms with E-state index >= 15 is 0 Å². The van der Waals surface area contributed by atoms with Crippen LogP contribution in [0.2, 0.25) is 0 Å². The molecule has 2 atom stereocenters. The largest absolute Gasteiger partial charge is 0.483 e. The number of hydrogen-bond acceptors (Lipinski definition) is 5. The van der Waals surface area contributed by atoms with Crippen molar-refractivity contribution in [2.24, 2.45) is 7.05 Å². The van der Waals surface area contributed by atoms with E-state index in [1.54, 1.807) is 10.9 Å². The third-order valence-electron chi connectivity index (χ3n) is 3.49. The molecule has 7 nitrogen and oxygen atoms in total. The number of aromatic amines is 1. The minimum absolute atomic E-state index is 0.00593. The Morgan fingerprint density at radius 3 is 3.10 bits per heavy atom. The Kier molecular flexibility index (Phi) is 3.70. The molecule has 0 bridgehead atoms. The topological polar surface area (TPSA) is 77.0 Å². The second-order valence-electron chi connectivity index (χ2n) is 5.05. The van der Waals surface area contributed by atoms with Gasteiger partial charge < -0.3 is 14.8 Å². The molecule has 1 aliphatic heterocycles. The van der Waals surface area contributed by atoms with Crippen LogP contribution in [-0.4, -0.2) is 45.3 Å². The van der Waals surface area contributed by atoms with E-state index in [0.717, 1.165) is 23.6 Å². The summed E-state index contributed by atoms with van der Waals surface area (Å²) in [6, 6.07) is 0.171. The van der Waals surface area contributed by atoms with Crippen LogP contribution in [0.5, 0.6) is 5.75 Å². The molecule has 2 N–H and O–H groups in total. The van der Waals surface area contributed by atoms with Crippen molar-refractivity contribution in [3.05, 3.63) is 29.8 Å². The van der Waals surface area contributed by atoms with Crippen molar-refractivity contribution in [1.29, 1.82) is 0 Å². The van der Waals surface area contributed by atoms with Gasteiger partial charge in [0.2, 0.25) is 0 Å². The molecule has 1 aliphatic rings. The molecule has 0 saturated carbocycles. The number of ether oxygens (including phenoxy) is 2. The summed E-state index contributed by atoms with van der Waals surface area (Å²) in [6.45, 7) is 4.01. The second kappa shape index (κ2) is 5.64. The van der Waals surface area contributed by atoms with Gasteiger partial charge in [-0.3, -0.25) is 9.78 Å². The number of nitrogens with zero attached hydrogens (tertiary/aromatic N) is 3. The maximum atomic E-state index is 5.91. The van der Waals surface area contributed by atoms with E-state index in [1.807, 2.05) is 26.4 Å². The van der Waals surface area contributed by atoms with E-state index in [4.69, 9.17) is 9.47 Å². The second-order valence-corrected chi connectivity index (χ2v) is 5.05. The number of aromatic nitrogens is 4. The minimum atomic E-state index is 0.00593. The molecule has 108 valence electrons. The summed E-state index contributed by atoms with van der Waals surface area (Å²) in [6.07, 6.45) is 5.42. The Bertz CT molecular complexity index is 565. The minimum Gasteiger partial charge on any atom is -0.483 e. The van der Waals surface area contributed by atoms with Crippen LogP contribution in [0.1, 0.15) is 11.3 Å². The zero-order valence-corrected chi connectivity index (χ0v) is 11.7. The Morgan fingerprint density at radius 2 is 2.40 bits per heavy atom. The highest BCUT2D eigenvalue weighted by molar-refractivity contribution is 5.15. The van der Waals surface area contributed by atoms with Crippen LogP contribution in [0.15, 0.2) is 18.6 Å². The molecule has 0 spiro atoms. The van der Waals surface area contributed by atoms with Crippen molar-refractivity contribution >= 4 is 0 Å². The van der Waals surface area contributed by atoms with Crippen molar-refractivity contribution < 1.29 is 9.47 Å². The number of hydrogen-bond donors (Lipinski definition) is 2. The molecule has 2 aromatic heterocycles. The maximum absolute atomic E-state index is 5.91. The predicted molar refractivity (Wildman–Crippen MR) is 72.4 cm³/mol. The first-order valence-electron chi connectivity index (χ1n) is 6.67. The van der Waals surface area contributed by atoms with Crippen LogP contribution in [-0.2, 0) is 18.3 Å². The van der Waals surface area contributed by atoms with E-state index in [2.05, 4.69) is 20.6 Å². The molecule has 0 aromatic carbocycles. The smallest absolute Gasteiger partial charge is 0.157 e. The zero-order chi connectivity index (χ0) is 13.9. The molecule has 7 heteroatoms. The lowest BCUT2D eigenvalue weighted by atomic mass is 10.2. The third-order valence-corrected chi connectivity index (χ3v) is 3.49. The van der Waals surface area contributed by atoms with Gasteiger partial charge in [-0.2, -0.15) is 10.2 Å². The summed E-state index contributed by atoms with van der Waals surface area (Å²) in [4.78, 5) is 0. The molecule has 0 aliphatic carbocycles. The SMILES string of the molecule is Cc1[nH]ncc1CN[C@H]1COC[C@H]1Oc1cnn(C)c1. The van der Waals surface area contributed by atoms with E-state index < -0.39 is 0 Å². The van der Waals surface area contributed by atoms with Gasteiger partial charge in [-0.25, -0.2) is 0 Å². The summed E-state index contributed by atoms with van der Waals surface area (Å²) in [7, 11) is 1.87. The lowest BCUT2D eigenvalue weighted by Crippen LogP contribution is -2.41. The first kappa shape index (κ1) is 13.1. The van der Waals surface area contributed by atoms with E-state index in [0.29, 0.717) is 13.2 Å². The van der Waals surface area contributed by atoms with Crippen LogP contribution in [0.4, 0.5) is 0 Å². The molecule has 3 heterocycles. The quantitative estimate of drug-likeness (QED) is 0.826. The van der Waals surface area contributed by atoms with Crippen LogP contribution < -0.4 is 10.1 Å². The van der Waals surface area contributed by atoms with Crippen molar-refractivity contribution in [2.75, 3.05) is 13.2 Å². The molecule has 0 radical (unpaired) electrons. The molecular formula is C13H19N5O2. The van der Waals surface area contributed by atoms with Gasteiger partial charge in [-0.1, -0.05) is 0 Å². The molecule has 1 fully saturated rings. The number of rotatable bonds is 5. The molecule has 20 heavy (non-hydrogen) atoms. The fourth-order valence-electron chi connectivity index (χ4n) is 2.27. The van der Waals surface area contributed by atoms with Gasteiger partial charge in [0.1, 0.15) is 6.10 Å². The summed E-state index contributed by atoms with van der Waals surface area (Å²) >= 11 is 0. The van der Waals surface area contributed by atoms with E-state index in [9.17, 15) is 0 Å². The Labute approximate surface area is 117 Å². The van der Waals surface area contributed by atoms with Crippen molar-refractivity contribution in [3.8, 4) is 5.75 Å². The average Bonchev–Trinajstić information content (AvgIpc) is 3.11. The maximum Gasteiger partial charge on any atom is 0.157 e. The number of nitrogens with one attached hydrogen (secondary N) is 2. The van der Waals surface area contributed by atoms with Crippen LogP contribution in [0, 0.1) is 6.92 Å². The van der Waals surface area contributed by atoms with Gasteiger partial charge in [0, 0.05) is 24.8 Å². The first-order chi connectivity index (χ1) is 9.72. The summed E-state index contributed by atoms with van der Waals surface area (Å²) in [5, 5.41) is 14.5. The van der Waals surface area contributed by atoms with Gasteiger partial charge in [-0.05, 0) is 6.92 Å².